The van der Waals surface area contributed by atoms with Crippen molar-refractivity contribution >= 4 is 11.7 Å². The van der Waals surface area contributed by atoms with E-state index in [4.69, 9.17) is 10.5 Å². The molecule has 0 aromatic heterocycles. The molecule has 0 saturated carbocycles. The highest BCUT2D eigenvalue weighted by Gasteiger charge is 2.03. The predicted octanol–water partition coefficient (Wildman–Crippen LogP) is 1.81. The van der Waals surface area contributed by atoms with Crippen LogP contribution in [-0.4, -0.2) is 24.1 Å². The minimum Gasteiger partial charge on any atom is -0.494 e. The molecule has 0 unspecified atom stereocenters. The van der Waals surface area contributed by atoms with E-state index < -0.39 is 11.0 Å². The number of nitrogens with two attached hydrogens (primary N) is 1. The number of nitro groups is 1. The van der Waals surface area contributed by atoms with Gasteiger partial charge in [0.05, 0.1) is 11.5 Å². The van der Waals surface area contributed by atoms with E-state index in [1.165, 1.54) is 12.1 Å². The number of non-ortho nitro benzene ring substituents is 1. The number of hydrogen-bond acceptors (Lipinski definition) is 4. The second-order valence-electron chi connectivity index (χ2n) is 3.95. The van der Waals surface area contributed by atoms with Gasteiger partial charge < -0.3 is 15.8 Å². The SMILES string of the molecule is NC(=O)NCCCCCOc1ccc([N+](=O)[O-])cc1. The van der Waals surface area contributed by atoms with Crippen LogP contribution in [0.4, 0.5) is 10.5 Å². The fraction of sp³-hybridized carbons (Fsp3) is 0.417. The van der Waals surface area contributed by atoms with Gasteiger partial charge in [0.25, 0.3) is 5.69 Å². The molecule has 1 rings (SSSR count). The molecular weight excluding hydrogens is 250 g/mol. The van der Waals surface area contributed by atoms with Gasteiger partial charge in [-0.05, 0) is 31.4 Å². The Morgan fingerprint density at radius 2 is 1.95 bits per heavy atom. The second-order valence-corrected chi connectivity index (χ2v) is 3.95. The first-order chi connectivity index (χ1) is 9.09. The highest BCUT2D eigenvalue weighted by atomic mass is 16.6. The number of amides is 2. The van der Waals surface area contributed by atoms with E-state index in [2.05, 4.69) is 5.32 Å². The molecule has 0 spiro atoms. The lowest BCUT2D eigenvalue weighted by atomic mass is 10.2. The Morgan fingerprint density at radius 3 is 2.53 bits per heavy atom. The molecule has 0 fully saturated rings. The van der Waals surface area contributed by atoms with E-state index >= 15 is 0 Å². The van der Waals surface area contributed by atoms with Gasteiger partial charge in [0.2, 0.25) is 0 Å². The fourth-order valence-electron chi connectivity index (χ4n) is 1.47. The summed E-state index contributed by atoms with van der Waals surface area (Å²) in [4.78, 5) is 20.4. The first-order valence-corrected chi connectivity index (χ1v) is 6.00. The molecule has 0 bridgehead atoms. The number of nitro benzene ring substituents is 1. The zero-order valence-corrected chi connectivity index (χ0v) is 10.5. The van der Waals surface area contributed by atoms with Gasteiger partial charge in [-0.3, -0.25) is 10.1 Å². The molecule has 0 saturated heterocycles. The molecule has 0 aliphatic rings. The molecule has 0 aliphatic heterocycles. The third-order valence-corrected chi connectivity index (χ3v) is 2.44. The van der Waals surface area contributed by atoms with Crippen molar-refractivity contribution in [1.82, 2.24) is 5.32 Å². The van der Waals surface area contributed by atoms with E-state index in [-0.39, 0.29) is 5.69 Å². The quantitative estimate of drug-likeness (QED) is 0.425. The Hall–Kier alpha value is -2.31. The van der Waals surface area contributed by atoms with E-state index in [1.54, 1.807) is 12.1 Å². The third kappa shape index (κ3) is 6.25. The Balaban J connectivity index is 2.12. The number of primary amides is 1. The summed E-state index contributed by atoms with van der Waals surface area (Å²) in [6.07, 6.45) is 2.59. The molecule has 0 aliphatic carbocycles. The predicted molar refractivity (Wildman–Crippen MR) is 70.0 cm³/mol. The average molecular weight is 267 g/mol. The summed E-state index contributed by atoms with van der Waals surface area (Å²) in [5, 5.41) is 13.0. The Labute approximate surface area is 110 Å². The summed E-state index contributed by atoms with van der Waals surface area (Å²) in [7, 11) is 0. The largest absolute Gasteiger partial charge is 0.494 e. The molecule has 0 radical (unpaired) electrons. The summed E-state index contributed by atoms with van der Waals surface area (Å²) in [6, 6.07) is 5.46. The summed E-state index contributed by atoms with van der Waals surface area (Å²) in [5.41, 5.74) is 4.97. The van der Waals surface area contributed by atoms with Crippen LogP contribution in [-0.2, 0) is 0 Å². The Kier molecular flexibility index (Phi) is 6.14. The second kappa shape index (κ2) is 7.91. The Morgan fingerprint density at radius 1 is 1.26 bits per heavy atom. The number of ether oxygens (including phenoxy) is 1. The minimum atomic E-state index is -0.512. The topological polar surface area (TPSA) is 107 Å². The molecule has 2 amide bonds. The van der Waals surface area contributed by atoms with Crippen LogP contribution >= 0.6 is 0 Å². The monoisotopic (exact) mass is 267 g/mol. The molecule has 1 aromatic carbocycles. The van der Waals surface area contributed by atoms with Crippen molar-refractivity contribution in [3.63, 3.8) is 0 Å². The average Bonchev–Trinajstić information content (AvgIpc) is 2.38. The molecule has 104 valence electrons. The first-order valence-electron chi connectivity index (χ1n) is 6.00. The molecule has 3 N–H and O–H groups in total. The number of benzene rings is 1. The van der Waals surface area contributed by atoms with E-state index in [1.807, 2.05) is 0 Å². The van der Waals surface area contributed by atoms with Crippen LogP contribution < -0.4 is 15.8 Å². The van der Waals surface area contributed by atoms with Gasteiger partial charge in [0, 0.05) is 18.7 Å². The van der Waals surface area contributed by atoms with Crippen LogP contribution in [0.25, 0.3) is 0 Å². The zero-order chi connectivity index (χ0) is 14.1. The van der Waals surface area contributed by atoms with Crippen LogP contribution in [0.15, 0.2) is 24.3 Å². The molecule has 19 heavy (non-hydrogen) atoms. The molecule has 1 aromatic rings. The minimum absolute atomic E-state index is 0.0462. The zero-order valence-electron chi connectivity index (χ0n) is 10.5. The standard InChI is InChI=1S/C12H17N3O4/c13-12(16)14-8-2-1-3-9-19-11-6-4-10(5-7-11)15(17)18/h4-7H,1-3,8-9H2,(H3,13,14,16). The maximum atomic E-state index is 10.4. The van der Waals surface area contributed by atoms with Gasteiger partial charge in [-0.2, -0.15) is 0 Å². The number of carbonyl (C=O) groups excluding carboxylic acids is 1. The lowest BCUT2D eigenvalue weighted by molar-refractivity contribution is -0.384. The molecule has 7 nitrogen and oxygen atoms in total. The van der Waals surface area contributed by atoms with Crippen LogP contribution in [0, 0.1) is 10.1 Å². The molecule has 7 heteroatoms. The molecular formula is C12H17N3O4. The Bertz CT molecular complexity index is 419. The lowest BCUT2D eigenvalue weighted by Crippen LogP contribution is -2.30. The van der Waals surface area contributed by atoms with Crippen molar-refractivity contribution in [2.24, 2.45) is 5.73 Å². The van der Waals surface area contributed by atoms with Crippen molar-refractivity contribution in [2.75, 3.05) is 13.2 Å². The van der Waals surface area contributed by atoms with Crippen LogP contribution in [0.1, 0.15) is 19.3 Å². The highest BCUT2D eigenvalue weighted by Crippen LogP contribution is 2.17. The van der Waals surface area contributed by atoms with Crippen LogP contribution in [0.2, 0.25) is 0 Å². The fourth-order valence-corrected chi connectivity index (χ4v) is 1.47. The summed E-state index contributed by atoms with van der Waals surface area (Å²) >= 11 is 0. The van der Waals surface area contributed by atoms with Gasteiger partial charge in [0.15, 0.2) is 0 Å². The normalized spacial score (nSPS) is 9.89. The highest BCUT2D eigenvalue weighted by molar-refractivity contribution is 5.71. The maximum absolute atomic E-state index is 10.4. The van der Waals surface area contributed by atoms with Gasteiger partial charge in [-0.15, -0.1) is 0 Å². The summed E-state index contributed by atoms with van der Waals surface area (Å²) in [5.74, 6) is 0.612. The van der Waals surface area contributed by atoms with Crippen molar-refractivity contribution in [3.05, 3.63) is 34.4 Å². The van der Waals surface area contributed by atoms with Crippen LogP contribution in [0.5, 0.6) is 5.75 Å². The number of hydrogen-bond donors (Lipinski definition) is 2. The summed E-state index contributed by atoms with van der Waals surface area (Å²) < 4.78 is 5.43. The number of rotatable bonds is 8. The van der Waals surface area contributed by atoms with E-state index in [9.17, 15) is 14.9 Å². The van der Waals surface area contributed by atoms with Crippen molar-refractivity contribution < 1.29 is 14.5 Å². The van der Waals surface area contributed by atoms with Gasteiger partial charge in [-0.25, -0.2) is 4.79 Å². The first kappa shape index (κ1) is 14.7. The number of nitrogens with one attached hydrogen (secondary N) is 1. The molecule has 0 heterocycles. The smallest absolute Gasteiger partial charge is 0.312 e. The van der Waals surface area contributed by atoms with Crippen molar-refractivity contribution in [3.8, 4) is 5.75 Å². The number of unbranched alkanes of at least 4 members (excludes halogenated alkanes) is 2. The van der Waals surface area contributed by atoms with E-state index in [0.29, 0.717) is 18.9 Å². The van der Waals surface area contributed by atoms with Crippen molar-refractivity contribution in [2.45, 2.75) is 19.3 Å². The summed E-state index contributed by atoms with van der Waals surface area (Å²) in [6.45, 7) is 1.10. The van der Waals surface area contributed by atoms with Crippen molar-refractivity contribution in [1.29, 1.82) is 0 Å². The van der Waals surface area contributed by atoms with Gasteiger partial charge in [0.1, 0.15) is 5.75 Å². The lowest BCUT2D eigenvalue weighted by Gasteiger charge is -2.06. The van der Waals surface area contributed by atoms with Crippen LogP contribution in [0.3, 0.4) is 0 Å². The number of urea groups is 1. The number of nitrogens with zero attached hydrogens (tertiary/aromatic N) is 1. The third-order valence-electron chi connectivity index (χ3n) is 2.44. The number of carbonyl (C=O) groups is 1. The maximum Gasteiger partial charge on any atom is 0.312 e. The molecule has 0 atom stereocenters. The van der Waals surface area contributed by atoms with E-state index in [0.717, 1.165) is 19.3 Å². The van der Waals surface area contributed by atoms with Gasteiger partial charge >= 0.3 is 6.03 Å². The van der Waals surface area contributed by atoms with Gasteiger partial charge in [-0.1, -0.05) is 0 Å².